The van der Waals surface area contributed by atoms with Crippen LogP contribution in [0, 0.1) is 6.92 Å². The summed E-state index contributed by atoms with van der Waals surface area (Å²) in [4.78, 5) is 12.4. The van der Waals surface area contributed by atoms with Gasteiger partial charge in [-0.15, -0.1) is 0 Å². The van der Waals surface area contributed by atoms with Gasteiger partial charge in [-0.2, -0.15) is 0 Å². The number of hydrogen-bond acceptors (Lipinski definition) is 3. The van der Waals surface area contributed by atoms with Crippen LogP contribution in [0.25, 0.3) is 0 Å². The van der Waals surface area contributed by atoms with E-state index in [1.165, 1.54) is 5.56 Å². The van der Waals surface area contributed by atoms with Crippen LogP contribution in [0.1, 0.15) is 21.5 Å². The SMILES string of the molecule is COc1ccc(OC)c(C(=O)Cc2ccc(C)cc2)c1. The van der Waals surface area contributed by atoms with Gasteiger partial charge >= 0.3 is 0 Å². The van der Waals surface area contributed by atoms with Crippen LogP contribution in [0.2, 0.25) is 0 Å². The van der Waals surface area contributed by atoms with Gasteiger partial charge in [0.25, 0.3) is 0 Å². The maximum Gasteiger partial charge on any atom is 0.171 e. The minimum Gasteiger partial charge on any atom is -0.497 e. The molecule has 0 saturated carbocycles. The zero-order chi connectivity index (χ0) is 14.5. The van der Waals surface area contributed by atoms with Crippen LogP contribution >= 0.6 is 0 Å². The highest BCUT2D eigenvalue weighted by atomic mass is 16.5. The number of ether oxygens (including phenoxy) is 2. The second-order valence-electron chi connectivity index (χ2n) is 4.65. The summed E-state index contributed by atoms with van der Waals surface area (Å²) in [5.74, 6) is 1.24. The highest BCUT2D eigenvalue weighted by Crippen LogP contribution is 2.25. The summed E-state index contributed by atoms with van der Waals surface area (Å²) in [7, 11) is 3.14. The number of ketones is 1. The molecule has 2 aromatic carbocycles. The Hall–Kier alpha value is -2.29. The van der Waals surface area contributed by atoms with Crippen LogP contribution in [0.5, 0.6) is 11.5 Å². The van der Waals surface area contributed by atoms with Gasteiger partial charge in [-0.25, -0.2) is 0 Å². The molecule has 0 radical (unpaired) electrons. The number of carbonyl (C=O) groups is 1. The largest absolute Gasteiger partial charge is 0.497 e. The molecule has 0 aromatic heterocycles. The Balaban J connectivity index is 2.25. The van der Waals surface area contributed by atoms with E-state index in [1.807, 2.05) is 31.2 Å². The zero-order valence-electron chi connectivity index (χ0n) is 12.0. The average Bonchev–Trinajstić information content (AvgIpc) is 2.48. The van der Waals surface area contributed by atoms with Crippen molar-refractivity contribution in [1.82, 2.24) is 0 Å². The first-order valence-electron chi connectivity index (χ1n) is 6.45. The van der Waals surface area contributed by atoms with E-state index in [9.17, 15) is 4.79 Å². The highest BCUT2D eigenvalue weighted by Gasteiger charge is 2.14. The lowest BCUT2D eigenvalue weighted by Crippen LogP contribution is -2.06. The quantitative estimate of drug-likeness (QED) is 0.781. The maximum atomic E-state index is 12.4. The Labute approximate surface area is 119 Å². The zero-order valence-corrected chi connectivity index (χ0v) is 12.0. The van der Waals surface area contributed by atoms with Crippen LogP contribution in [0.15, 0.2) is 42.5 Å². The number of Topliss-reactive ketones (excluding diaryl/α,β-unsaturated/α-hetero) is 1. The highest BCUT2D eigenvalue weighted by molar-refractivity contribution is 6.00. The molecule has 0 amide bonds. The van der Waals surface area contributed by atoms with E-state index in [-0.39, 0.29) is 5.78 Å². The van der Waals surface area contributed by atoms with E-state index in [0.29, 0.717) is 23.5 Å². The van der Waals surface area contributed by atoms with Crippen molar-refractivity contribution in [2.75, 3.05) is 14.2 Å². The molecule has 0 atom stereocenters. The summed E-state index contributed by atoms with van der Waals surface area (Å²) < 4.78 is 10.4. The molecule has 0 spiro atoms. The molecule has 0 aliphatic rings. The molecule has 20 heavy (non-hydrogen) atoms. The van der Waals surface area contributed by atoms with Crippen LogP contribution in [-0.4, -0.2) is 20.0 Å². The van der Waals surface area contributed by atoms with E-state index >= 15 is 0 Å². The summed E-state index contributed by atoms with van der Waals surface area (Å²) in [6.07, 6.45) is 0.351. The fraction of sp³-hybridized carbons (Fsp3) is 0.235. The Morgan fingerprint density at radius 3 is 2.30 bits per heavy atom. The van der Waals surface area contributed by atoms with E-state index in [0.717, 1.165) is 5.56 Å². The number of benzene rings is 2. The van der Waals surface area contributed by atoms with Gasteiger partial charge in [-0.3, -0.25) is 4.79 Å². The molecule has 0 bridgehead atoms. The van der Waals surface area contributed by atoms with E-state index in [1.54, 1.807) is 32.4 Å². The van der Waals surface area contributed by atoms with Crippen LogP contribution in [-0.2, 0) is 6.42 Å². The Morgan fingerprint density at radius 1 is 1.00 bits per heavy atom. The van der Waals surface area contributed by atoms with Gasteiger partial charge in [0.2, 0.25) is 0 Å². The second kappa shape index (κ2) is 6.24. The number of rotatable bonds is 5. The molecule has 0 fully saturated rings. The molecule has 104 valence electrons. The minimum absolute atomic E-state index is 0.0182. The number of methoxy groups -OCH3 is 2. The molecule has 0 N–H and O–H groups in total. The molecule has 3 nitrogen and oxygen atoms in total. The summed E-state index contributed by atoms with van der Waals surface area (Å²) in [6.45, 7) is 2.02. The Morgan fingerprint density at radius 2 is 1.70 bits per heavy atom. The first-order valence-corrected chi connectivity index (χ1v) is 6.45. The molecule has 0 aliphatic carbocycles. The fourth-order valence-corrected chi connectivity index (χ4v) is 2.02. The third kappa shape index (κ3) is 3.18. The van der Waals surface area contributed by atoms with Crippen molar-refractivity contribution in [2.24, 2.45) is 0 Å². The fourth-order valence-electron chi connectivity index (χ4n) is 2.02. The average molecular weight is 270 g/mol. The first kappa shape index (κ1) is 14.1. The lowest BCUT2D eigenvalue weighted by Gasteiger charge is -2.09. The second-order valence-corrected chi connectivity index (χ2v) is 4.65. The van der Waals surface area contributed by atoms with Gasteiger partial charge in [-0.1, -0.05) is 29.8 Å². The molecule has 2 aromatic rings. The third-order valence-corrected chi connectivity index (χ3v) is 3.19. The Bertz CT molecular complexity index is 600. The van der Waals surface area contributed by atoms with Gasteiger partial charge in [0, 0.05) is 6.42 Å². The van der Waals surface area contributed by atoms with Gasteiger partial charge in [0.15, 0.2) is 5.78 Å². The third-order valence-electron chi connectivity index (χ3n) is 3.19. The molecule has 0 unspecified atom stereocenters. The molecule has 2 rings (SSSR count). The topological polar surface area (TPSA) is 35.5 Å². The van der Waals surface area contributed by atoms with E-state index in [4.69, 9.17) is 9.47 Å². The number of hydrogen-bond donors (Lipinski definition) is 0. The molecule has 0 saturated heterocycles. The Kier molecular flexibility index (Phi) is 4.41. The summed E-state index contributed by atoms with van der Waals surface area (Å²) in [5.41, 5.74) is 2.72. The van der Waals surface area contributed by atoms with Crippen molar-refractivity contribution in [1.29, 1.82) is 0 Å². The molecular weight excluding hydrogens is 252 g/mol. The van der Waals surface area contributed by atoms with Crippen LogP contribution < -0.4 is 9.47 Å². The van der Waals surface area contributed by atoms with Crippen molar-refractivity contribution in [3.8, 4) is 11.5 Å². The first-order chi connectivity index (χ1) is 9.63. The summed E-state index contributed by atoms with van der Waals surface area (Å²) >= 11 is 0. The van der Waals surface area contributed by atoms with E-state index in [2.05, 4.69) is 0 Å². The van der Waals surface area contributed by atoms with Crippen LogP contribution in [0.4, 0.5) is 0 Å². The van der Waals surface area contributed by atoms with Crippen LogP contribution in [0.3, 0.4) is 0 Å². The predicted molar refractivity (Wildman–Crippen MR) is 78.8 cm³/mol. The predicted octanol–water partition coefficient (Wildman–Crippen LogP) is 3.44. The molecule has 0 aliphatic heterocycles. The maximum absolute atomic E-state index is 12.4. The van der Waals surface area contributed by atoms with E-state index < -0.39 is 0 Å². The van der Waals surface area contributed by atoms with Gasteiger partial charge in [0.1, 0.15) is 11.5 Å². The van der Waals surface area contributed by atoms with Gasteiger partial charge < -0.3 is 9.47 Å². The van der Waals surface area contributed by atoms with Gasteiger partial charge in [0.05, 0.1) is 19.8 Å². The summed E-state index contributed by atoms with van der Waals surface area (Å²) in [5, 5.41) is 0. The minimum atomic E-state index is 0.0182. The monoisotopic (exact) mass is 270 g/mol. The molecular formula is C17H18O3. The standard InChI is InChI=1S/C17H18O3/c1-12-4-6-13(7-5-12)10-16(18)15-11-14(19-2)8-9-17(15)20-3/h4-9,11H,10H2,1-3H3. The smallest absolute Gasteiger partial charge is 0.171 e. The van der Waals surface area contributed by atoms with Crippen molar-refractivity contribution >= 4 is 5.78 Å². The lowest BCUT2D eigenvalue weighted by molar-refractivity contribution is 0.0989. The van der Waals surface area contributed by atoms with Crippen molar-refractivity contribution in [3.05, 3.63) is 59.2 Å². The lowest BCUT2D eigenvalue weighted by atomic mass is 10.0. The van der Waals surface area contributed by atoms with Crippen molar-refractivity contribution in [2.45, 2.75) is 13.3 Å². The number of aryl methyl sites for hydroxylation is 1. The van der Waals surface area contributed by atoms with Crippen molar-refractivity contribution < 1.29 is 14.3 Å². The molecule has 3 heteroatoms. The molecule has 0 heterocycles. The summed E-state index contributed by atoms with van der Waals surface area (Å²) in [6, 6.07) is 13.2. The van der Waals surface area contributed by atoms with Gasteiger partial charge in [-0.05, 0) is 30.7 Å². The number of carbonyl (C=O) groups excluding carboxylic acids is 1. The van der Waals surface area contributed by atoms with Crippen molar-refractivity contribution in [3.63, 3.8) is 0 Å². The normalized spacial score (nSPS) is 10.2.